The number of aromatic nitrogens is 2. The molecule has 0 unspecified atom stereocenters. The minimum absolute atomic E-state index is 0.157. The van der Waals surface area contributed by atoms with E-state index in [9.17, 15) is 4.79 Å². The van der Waals surface area contributed by atoms with E-state index in [1.807, 2.05) is 4.90 Å². The van der Waals surface area contributed by atoms with E-state index in [4.69, 9.17) is 4.74 Å². The van der Waals surface area contributed by atoms with Crippen LogP contribution in [0.2, 0.25) is 0 Å². The SMILES string of the molecule is CN=C(NCCC(=O)N1CCN(c2ncccn2)CC1)NCCN(C)CCCOC. The second-order valence-corrected chi connectivity index (χ2v) is 7.24. The summed E-state index contributed by atoms with van der Waals surface area (Å²) < 4.78 is 5.07. The highest BCUT2D eigenvalue weighted by atomic mass is 16.5. The van der Waals surface area contributed by atoms with Crippen molar-refractivity contribution in [2.24, 2.45) is 4.99 Å². The van der Waals surface area contributed by atoms with Gasteiger partial charge in [-0.05, 0) is 19.5 Å². The van der Waals surface area contributed by atoms with Crippen molar-refractivity contribution in [1.82, 2.24) is 30.4 Å². The summed E-state index contributed by atoms with van der Waals surface area (Å²) >= 11 is 0. The fourth-order valence-electron chi connectivity index (χ4n) is 3.23. The number of guanidine groups is 1. The van der Waals surface area contributed by atoms with Crippen LogP contribution in [0, 0.1) is 0 Å². The number of rotatable bonds is 11. The van der Waals surface area contributed by atoms with Gasteiger partial charge >= 0.3 is 0 Å². The molecule has 1 fully saturated rings. The van der Waals surface area contributed by atoms with E-state index in [1.165, 1.54) is 0 Å². The van der Waals surface area contributed by atoms with E-state index >= 15 is 0 Å². The summed E-state index contributed by atoms with van der Waals surface area (Å²) in [5, 5.41) is 6.51. The Bertz CT molecular complexity index is 635. The van der Waals surface area contributed by atoms with Crippen LogP contribution in [0.25, 0.3) is 0 Å². The van der Waals surface area contributed by atoms with E-state index in [1.54, 1.807) is 32.6 Å². The van der Waals surface area contributed by atoms with Crippen LogP contribution in [-0.2, 0) is 9.53 Å². The van der Waals surface area contributed by atoms with Gasteiger partial charge in [0.2, 0.25) is 11.9 Å². The van der Waals surface area contributed by atoms with Crippen LogP contribution < -0.4 is 15.5 Å². The van der Waals surface area contributed by atoms with Gasteiger partial charge in [-0.2, -0.15) is 0 Å². The fraction of sp³-hybridized carbons (Fsp3) is 0.700. The average molecular weight is 421 g/mol. The smallest absolute Gasteiger partial charge is 0.225 e. The summed E-state index contributed by atoms with van der Waals surface area (Å²) in [6.07, 6.45) is 4.95. The molecule has 30 heavy (non-hydrogen) atoms. The van der Waals surface area contributed by atoms with Gasteiger partial charge < -0.3 is 30.1 Å². The number of amides is 1. The van der Waals surface area contributed by atoms with Crippen LogP contribution >= 0.6 is 0 Å². The first kappa shape index (κ1) is 23.8. The van der Waals surface area contributed by atoms with Crippen LogP contribution in [0.3, 0.4) is 0 Å². The number of hydrogen-bond donors (Lipinski definition) is 2. The van der Waals surface area contributed by atoms with Crippen LogP contribution in [0.1, 0.15) is 12.8 Å². The average Bonchev–Trinajstić information content (AvgIpc) is 2.79. The van der Waals surface area contributed by atoms with Gasteiger partial charge in [0.15, 0.2) is 5.96 Å². The van der Waals surface area contributed by atoms with Crippen molar-refractivity contribution in [2.45, 2.75) is 12.8 Å². The monoisotopic (exact) mass is 420 g/mol. The summed E-state index contributed by atoms with van der Waals surface area (Å²) in [5.74, 6) is 1.61. The molecule has 1 aliphatic heterocycles. The van der Waals surface area contributed by atoms with Gasteiger partial charge in [0.1, 0.15) is 0 Å². The molecule has 0 spiro atoms. The molecule has 0 saturated carbocycles. The van der Waals surface area contributed by atoms with E-state index in [0.717, 1.165) is 57.7 Å². The van der Waals surface area contributed by atoms with Gasteiger partial charge in [-0.3, -0.25) is 9.79 Å². The molecule has 2 N–H and O–H groups in total. The first-order valence-corrected chi connectivity index (χ1v) is 10.6. The number of anilines is 1. The highest BCUT2D eigenvalue weighted by Crippen LogP contribution is 2.10. The van der Waals surface area contributed by atoms with Gasteiger partial charge in [0, 0.05) is 91.9 Å². The van der Waals surface area contributed by atoms with Crippen molar-refractivity contribution < 1.29 is 9.53 Å². The number of ether oxygens (including phenoxy) is 1. The van der Waals surface area contributed by atoms with E-state index in [0.29, 0.717) is 26.1 Å². The summed E-state index contributed by atoms with van der Waals surface area (Å²) in [7, 11) is 5.56. The first-order chi connectivity index (χ1) is 14.6. The Morgan fingerprint density at radius 2 is 1.87 bits per heavy atom. The van der Waals surface area contributed by atoms with Crippen molar-refractivity contribution in [3.05, 3.63) is 18.5 Å². The quantitative estimate of drug-likeness (QED) is 0.285. The van der Waals surface area contributed by atoms with Crippen LogP contribution in [0.4, 0.5) is 5.95 Å². The predicted octanol–water partition coefficient (Wildman–Crippen LogP) is -0.351. The van der Waals surface area contributed by atoms with Crippen LogP contribution in [0.15, 0.2) is 23.5 Å². The number of likely N-dealkylation sites (N-methyl/N-ethyl adjacent to an activating group) is 1. The Kier molecular flexibility index (Phi) is 10.9. The van der Waals surface area contributed by atoms with Crippen LogP contribution in [-0.4, -0.2) is 112 Å². The van der Waals surface area contributed by atoms with Crippen molar-refractivity contribution in [1.29, 1.82) is 0 Å². The second kappa shape index (κ2) is 13.7. The van der Waals surface area contributed by atoms with Gasteiger partial charge in [0.05, 0.1) is 0 Å². The largest absolute Gasteiger partial charge is 0.385 e. The third-order valence-electron chi connectivity index (χ3n) is 5.00. The van der Waals surface area contributed by atoms with E-state index < -0.39 is 0 Å². The molecule has 1 amide bonds. The maximum atomic E-state index is 12.5. The molecule has 1 aromatic rings. The minimum atomic E-state index is 0.157. The highest BCUT2D eigenvalue weighted by molar-refractivity contribution is 5.81. The summed E-state index contributed by atoms with van der Waals surface area (Å²) in [4.78, 5) is 31.5. The first-order valence-electron chi connectivity index (χ1n) is 10.6. The van der Waals surface area contributed by atoms with Crippen molar-refractivity contribution in [3.63, 3.8) is 0 Å². The maximum Gasteiger partial charge on any atom is 0.225 e. The zero-order chi connectivity index (χ0) is 21.6. The molecule has 0 aromatic carbocycles. The molecule has 1 saturated heterocycles. The molecule has 0 aliphatic carbocycles. The number of carbonyl (C=O) groups excluding carboxylic acids is 1. The molecule has 2 heterocycles. The zero-order valence-electron chi connectivity index (χ0n) is 18.5. The van der Waals surface area contributed by atoms with Crippen LogP contribution in [0.5, 0.6) is 0 Å². The molecule has 2 rings (SSSR count). The number of hydrogen-bond acceptors (Lipinski definition) is 7. The van der Waals surface area contributed by atoms with Gasteiger partial charge in [-0.15, -0.1) is 0 Å². The molecular weight excluding hydrogens is 384 g/mol. The van der Waals surface area contributed by atoms with Gasteiger partial charge in [-0.25, -0.2) is 9.97 Å². The molecular formula is C20H36N8O2. The van der Waals surface area contributed by atoms with Crippen molar-refractivity contribution in [2.75, 3.05) is 85.1 Å². The summed E-state index contributed by atoms with van der Waals surface area (Å²) in [6.45, 7) is 6.95. The van der Waals surface area contributed by atoms with Gasteiger partial charge in [0.25, 0.3) is 0 Å². The number of carbonyl (C=O) groups is 1. The Balaban J connectivity index is 1.59. The third kappa shape index (κ3) is 8.50. The Labute approximate surface area is 179 Å². The fourth-order valence-corrected chi connectivity index (χ4v) is 3.23. The molecule has 1 aromatic heterocycles. The Morgan fingerprint density at radius 3 is 2.53 bits per heavy atom. The van der Waals surface area contributed by atoms with E-state index in [2.05, 4.69) is 42.4 Å². The lowest BCUT2D eigenvalue weighted by Crippen LogP contribution is -2.50. The molecule has 0 atom stereocenters. The summed E-state index contributed by atoms with van der Waals surface area (Å²) in [6, 6.07) is 1.81. The standard InChI is InChI=1S/C20H36N8O2/c1-21-19(23-10-12-26(2)11-5-17-30-3)22-9-6-18(29)27-13-15-28(16-14-27)20-24-7-4-8-25-20/h4,7-8H,5-6,9-17H2,1-3H3,(H2,21,22,23). The number of methoxy groups -OCH3 is 1. The maximum absolute atomic E-state index is 12.5. The lowest BCUT2D eigenvalue weighted by molar-refractivity contribution is -0.131. The molecule has 0 bridgehead atoms. The number of nitrogens with one attached hydrogen (secondary N) is 2. The lowest BCUT2D eigenvalue weighted by atomic mass is 10.3. The Hall–Kier alpha value is -2.46. The lowest BCUT2D eigenvalue weighted by Gasteiger charge is -2.34. The molecule has 10 heteroatoms. The van der Waals surface area contributed by atoms with Crippen molar-refractivity contribution >= 4 is 17.8 Å². The van der Waals surface area contributed by atoms with E-state index in [-0.39, 0.29) is 5.91 Å². The van der Waals surface area contributed by atoms with Gasteiger partial charge in [-0.1, -0.05) is 0 Å². The minimum Gasteiger partial charge on any atom is -0.385 e. The summed E-state index contributed by atoms with van der Waals surface area (Å²) in [5.41, 5.74) is 0. The normalized spacial score (nSPS) is 14.9. The molecule has 168 valence electrons. The predicted molar refractivity (Wildman–Crippen MR) is 119 cm³/mol. The molecule has 1 aliphatic rings. The molecule has 10 nitrogen and oxygen atoms in total. The third-order valence-corrected chi connectivity index (χ3v) is 5.00. The molecule has 0 radical (unpaired) electrons. The zero-order valence-corrected chi connectivity index (χ0v) is 18.5. The number of piperazine rings is 1. The van der Waals surface area contributed by atoms with Crippen molar-refractivity contribution in [3.8, 4) is 0 Å². The highest BCUT2D eigenvalue weighted by Gasteiger charge is 2.22. The topological polar surface area (TPSA) is 98.2 Å². The Morgan fingerprint density at radius 1 is 1.17 bits per heavy atom. The second-order valence-electron chi connectivity index (χ2n) is 7.24. The number of nitrogens with zero attached hydrogens (tertiary/aromatic N) is 6. The number of aliphatic imine (C=N–C) groups is 1.